The summed E-state index contributed by atoms with van der Waals surface area (Å²) < 4.78 is 11.4. The molecule has 1 aliphatic rings. The summed E-state index contributed by atoms with van der Waals surface area (Å²) in [6.45, 7) is 11.4. The Balaban J connectivity index is 2.69. The lowest BCUT2D eigenvalue weighted by atomic mass is 9.70. The third-order valence-corrected chi connectivity index (χ3v) is 6.60. The average molecular weight is 409 g/mol. The van der Waals surface area contributed by atoms with Crippen LogP contribution in [0.4, 0.5) is 0 Å². The van der Waals surface area contributed by atoms with Crippen LogP contribution in [0.2, 0.25) is 0 Å². The van der Waals surface area contributed by atoms with Crippen LogP contribution < -0.4 is 0 Å². The molecule has 4 nitrogen and oxygen atoms in total. The predicted molar refractivity (Wildman–Crippen MR) is 119 cm³/mol. The van der Waals surface area contributed by atoms with E-state index in [1.165, 1.54) is 0 Å². The summed E-state index contributed by atoms with van der Waals surface area (Å²) in [5, 5.41) is 0. The zero-order valence-corrected chi connectivity index (χ0v) is 19.5. The number of ether oxygens (including phenoxy) is 2. The van der Waals surface area contributed by atoms with Gasteiger partial charge in [-0.2, -0.15) is 0 Å². The van der Waals surface area contributed by atoms with Crippen molar-refractivity contribution in [3.8, 4) is 0 Å². The first-order valence-corrected chi connectivity index (χ1v) is 11.9. The molecular weight excluding hydrogens is 364 g/mol. The van der Waals surface area contributed by atoms with Crippen LogP contribution in [0.15, 0.2) is 12.2 Å². The number of hydrogen-bond acceptors (Lipinski definition) is 4. The van der Waals surface area contributed by atoms with E-state index in [0.29, 0.717) is 37.9 Å². The zero-order valence-electron chi connectivity index (χ0n) is 19.5. The Morgan fingerprint density at radius 3 is 2.00 bits per heavy atom. The van der Waals surface area contributed by atoms with Gasteiger partial charge in [0.25, 0.3) is 0 Å². The van der Waals surface area contributed by atoms with E-state index >= 15 is 0 Å². The molecule has 1 rings (SSSR count). The van der Waals surface area contributed by atoms with Gasteiger partial charge in [-0.1, -0.05) is 78.4 Å². The van der Waals surface area contributed by atoms with Crippen LogP contribution in [-0.4, -0.2) is 25.2 Å². The summed E-state index contributed by atoms with van der Waals surface area (Å²) in [6.07, 6.45) is 13.9. The van der Waals surface area contributed by atoms with Crippen molar-refractivity contribution in [2.45, 2.75) is 98.8 Å². The molecule has 0 aromatic heterocycles. The minimum Gasteiger partial charge on any atom is -0.465 e. The second-order valence-electron chi connectivity index (χ2n) is 8.94. The highest BCUT2D eigenvalue weighted by atomic mass is 16.5. The fraction of sp³-hybridized carbons (Fsp3) is 0.840. The molecule has 4 unspecified atom stereocenters. The summed E-state index contributed by atoms with van der Waals surface area (Å²) in [5.74, 6) is -0.158. The van der Waals surface area contributed by atoms with E-state index in [1.807, 2.05) is 19.1 Å². The SMILES string of the molecule is CCCCC(CC)COC(=O)C1CC=CCC1(C)C(=O)OCC(CC)CCCC. The highest BCUT2D eigenvalue weighted by molar-refractivity contribution is 5.85. The van der Waals surface area contributed by atoms with Gasteiger partial charge in [-0.3, -0.25) is 9.59 Å². The fourth-order valence-corrected chi connectivity index (χ4v) is 4.00. The molecule has 0 saturated carbocycles. The average Bonchev–Trinajstić information content (AvgIpc) is 2.73. The first kappa shape index (κ1) is 25.7. The van der Waals surface area contributed by atoms with Crippen LogP contribution in [0, 0.1) is 23.2 Å². The number of rotatable bonds is 14. The van der Waals surface area contributed by atoms with E-state index in [2.05, 4.69) is 27.7 Å². The number of hydrogen-bond donors (Lipinski definition) is 0. The molecule has 0 aromatic rings. The predicted octanol–water partition coefficient (Wildman–Crippen LogP) is 6.48. The Labute approximate surface area is 178 Å². The third-order valence-electron chi connectivity index (χ3n) is 6.60. The molecule has 1 aliphatic carbocycles. The quantitative estimate of drug-likeness (QED) is 0.244. The molecule has 168 valence electrons. The number of carbonyl (C=O) groups is 2. The molecule has 0 heterocycles. The van der Waals surface area contributed by atoms with E-state index in [4.69, 9.17) is 9.47 Å². The molecule has 0 aromatic carbocycles. The van der Waals surface area contributed by atoms with Crippen LogP contribution in [0.1, 0.15) is 98.8 Å². The molecule has 0 bridgehead atoms. The van der Waals surface area contributed by atoms with Crippen molar-refractivity contribution in [1.29, 1.82) is 0 Å². The topological polar surface area (TPSA) is 52.6 Å². The van der Waals surface area contributed by atoms with E-state index in [1.54, 1.807) is 0 Å². The highest BCUT2D eigenvalue weighted by Gasteiger charge is 2.47. The third kappa shape index (κ3) is 8.14. The fourth-order valence-electron chi connectivity index (χ4n) is 4.00. The van der Waals surface area contributed by atoms with Gasteiger partial charge in [-0.25, -0.2) is 0 Å². The van der Waals surface area contributed by atoms with Crippen LogP contribution in [-0.2, 0) is 19.1 Å². The molecule has 0 N–H and O–H groups in total. The standard InChI is InChI=1S/C25H44O4/c1-6-10-14-20(8-3)18-28-23(26)22-16-12-13-17-25(22,5)24(27)29-19-21(9-4)15-11-7-2/h12-13,20-22H,6-11,14-19H2,1-5H3. The molecule has 4 atom stereocenters. The Hall–Kier alpha value is -1.32. The van der Waals surface area contributed by atoms with E-state index in [-0.39, 0.29) is 11.9 Å². The lowest BCUT2D eigenvalue weighted by molar-refractivity contribution is -0.170. The molecule has 0 amide bonds. The lowest BCUT2D eigenvalue weighted by Crippen LogP contribution is -2.43. The first-order chi connectivity index (χ1) is 13.9. The zero-order chi connectivity index (χ0) is 21.7. The molecule has 0 radical (unpaired) electrons. The van der Waals surface area contributed by atoms with Gasteiger partial charge < -0.3 is 9.47 Å². The van der Waals surface area contributed by atoms with Crippen molar-refractivity contribution in [1.82, 2.24) is 0 Å². The highest BCUT2D eigenvalue weighted by Crippen LogP contribution is 2.40. The molecule has 0 aliphatic heterocycles. The van der Waals surface area contributed by atoms with Crippen molar-refractivity contribution in [2.24, 2.45) is 23.2 Å². The molecule has 29 heavy (non-hydrogen) atoms. The number of unbranched alkanes of at least 4 members (excludes halogenated alkanes) is 2. The van der Waals surface area contributed by atoms with Crippen molar-refractivity contribution in [3.05, 3.63) is 12.2 Å². The summed E-state index contributed by atoms with van der Waals surface area (Å²) in [5.41, 5.74) is -0.833. The van der Waals surface area contributed by atoms with Gasteiger partial charge in [-0.05, 0) is 44.4 Å². The minimum atomic E-state index is -0.833. The maximum atomic E-state index is 13.0. The van der Waals surface area contributed by atoms with Gasteiger partial charge in [0, 0.05) is 0 Å². The number of carbonyl (C=O) groups excluding carboxylic acids is 2. The summed E-state index contributed by atoms with van der Waals surface area (Å²) in [7, 11) is 0. The largest absolute Gasteiger partial charge is 0.465 e. The van der Waals surface area contributed by atoms with Crippen LogP contribution in [0.25, 0.3) is 0 Å². The maximum Gasteiger partial charge on any atom is 0.313 e. The summed E-state index contributed by atoms with van der Waals surface area (Å²) >= 11 is 0. The van der Waals surface area contributed by atoms with Crippen LogP contribution in [0.5, 0.6) is 0 Å². The van der Waals surface area contributed by atoms with Crippen LogP contribution >= 0.6 is 0 Å². The van der Waals surface area contributed by atoms with E-state index < -0.39 is 11.3 Å². The molecule has 0 fully saturated rings. The molecule has 4 heteroatoms. The van der Waals surface area contributed by atoms with E-state index in [9.17, 15) is 9.59 Å². The summed E-state index contributed by atoms with van der Waals surface area (Å²) in [6, 6.07) is 0. The Bertz CT molecular complexity index is 513. The van der Waals surface area contributed by atoms with Crippen molar-refractivity contribution in [2.75, 3.05) is 13.2 Å². The van der Waals surface area contributed by atoms with Crippen molar-refractivity contribution < 1.29 is 19.1 Å². The lowest BCUT2D eigenvalue weighted by Gasteiger charge is -2.35. The smallest absolute Gasteiger partial charge is 0.313 e. The Kier molecular flexibility index (Phi) is 12.3. The van der Waals surface area contributed by atoms with Gasteiger partial charge in [-0.15, -0.1) is 0 Å². The minimum absolute atomic E-state index is 0.248. The van der Waals surface area contributed by atoms with Gasteiger partial charge in [0.2, 0.25) is 0 Å². The Morgan fingerprint density at radius 1 is 0.931 bits per heavy atom. The summed E-state index contributed by atoms with van der Waals surface area (Å²) in [4.78, 5) is 25.9. The van der Waals surface area contributed by atoms with Gasteiger partial charge >= 0.3 is 11.9 Å². The number of esters is 2. The van der Waals surface area contributed by atoms with Gasteiger partial charge in [0.15, 0.2) is 0 Å². The normalized spacial score (nSPS) is 23.4. The molecule has 0 spiro atoms. The monoisotopic (exact) mass is 408 g/mol. The maximum absolute atomic E-state index is 13.0. The molecule has 0 saturated heterocycles. The van der Waals surface area contributed by atoms with Crippen molar-refractivity contribution in [3.63, 3.8) is 0 Å². The number of allylic oxidation sites excluding steroid dienone is 2. The van der Waals surface area contributed by atoms with Crippen LogP contribution in [0.3, 0.4) is 0 Å². The molecular formula is C25H44O4. The van der Waals surface area contributed by atoms with Gasteiger partial charge in [0.1, 0.15) is 0 Å². The second-order valence-corrected chi connectivity index (χ2v) is 8.94. The van der Waals surface area contributed by atoms with Gasteiger partial charge in [0.05, 0.1) is 24.5 Å². The first-order valence-electron chi connectivity index (χ1n) is 11.9. The Morgan fingerprint density at radius 2 is 1.48 bits per heavy atom. The second kappa shape index (κ2) is 13.8. The van der Waals surface area contributed by atoms with E-state index in [0.717, 1.165) is 51.4 Å². The van der Waals surface area contributed by atoms with Crippen molar-refractivity contribution >= 4 is 11.9 Å².